The number of primary amides is 1. The Hall–Kier alpha value is -2.14. The number of rotatable bonds is 1. The molecule has 1 saturated heterocycles. The largest absolute Gasteiger partial charge is 0.366 e. The van der Waals surface area contributed by atoms with Crippen LogP contribution in [0.4, 0.5) is 0 Å². The summed E-state index contributed by atoms with van der Waals surface area (Å²) in [5.41, 5.74) is 7.88. The zero-order valence-corrected chi connectivity index (χ0v) is 16.9. The number of fused-ring (bicyclic) bond motifs is 3. The second kappa shape index (κ2) is 7.12. The van der Waals surface area contributed by atoms with Gasteiger partial charge in [0.15, 0.2) is 5.78 Å². The maximum atomic E-state index is 12.7. The van der Waals surface area contributed by atoms with Crippen molar-refractivity contribution in [1.29, 1.82) is 0 Å². The van der Waals surface area contributed by atoms with Crippen LogP contribution in [0.1, 0.15) is 79.8 Å². The van der Waals surface area contributed by atoms with E-state index >= 15 is 0 Å². The van der Waals surface area contributed by atoms with Gasteiger partial charge in [0.25, 0.3) is 0 Å². The first-order valence-electron chi connectivity index (χ1n) is 9.85. The molecular weight excluding hydrogens is 338 g/mol. The van der Waals surface area contributed by atoms with Crippen molar-refractivity contribution < 1.29 is 9.59 Å². The summed E-state index contributed by atoms with van der Waals surface area (Å²) in [6.07, 6.45) is 4.99. The van der Waals surface area contributed by atoms with Crippen molar-refractivity contribution in [3.05, 3.63) is 35.0 Å². The number of Topliss-reactive ketones (excluding diaryl/α,β-unsaturated/α-hetero) is 1. The number of hydrogen-bond acceptors (Lipinski definition) is 3. The molecule has 1 aromatic heterocycles. The summed E-state index contributed by atoms with van der Waals surface area (Å²) >= 11 is 0. The van der Waals surface area contributed by atoms with Gasteiger partial charge < -0.3 is 16.0 Å². The van der Waals surface area contributed by atoms with Gasteiger partial charge in [0, 0.05) is 21.9 Å². The normalized spacial score (nSPS) is 20.5. The van der Waals surface area contributed by atoms with Crippen molar-refractivity contribution in [3.8, 4) is 0 Å². The van der Waals surface area contributed by atoms with E-state index in [0.717, 1.165) is 22.9 Å². The summed E-state index contributed by atoms with van der Waals surface area (Å²) in [4.78, 5) is 27.3. The average molecular weight is 370 g/mol. The number of ketones is 1. The van der Waals surface area contributed by atoms with E-state index in [1.165, 1.54) is 32.4 Å². The molecule has 2 heterocycles. The number of aromatic nitrogens is 1. The number of piperidine rings is 1. The van der Waals surface area contributed by atoms with Gasteiger partial charge in [0.2, 0.25) is 5.91 Å². The topological polar surface area (TPSA) is 88.0 Å². The minimum atomic E-state index is -0.452. The fourth-order valence-corrected chi connectivity index (χ4v) is 4.63. The van der Waals surface area contributed by atoms with Crippen LogP contribution in [0.5, 0.6) is 0 Å². The first-order chi connectivity index (χ1) is 12.6. The van der Waals surface area contributed by atoms with E-state index < -0.39 is 5.91 Å². The molecule has 1 amide bonds. The molecule has 1 aliphatic carbocycles. The highest BCUT2D eigenvalue weighted by molar-refractivity contribution is 6.08. The molecule has 5 nitrogen and oxygen atoms in total. The Labute approximate surface area is 161 Å². The molecule has 27 heavy (non-hydrogen) atoms. The maximum Gasteiger partial charge on any atom is 0.248 e. The Morgan fingerprint density at radius 2 is 1.70 bits per heavy atom. The van der Waals surface area contributed by atoms with Crippen molar-refractivity contribution in [1.82, 2.24) is 10.3 Å². The number of nitrogens with two attached hydrogens (primary N) is 1. The Morgan fingerprint density at radius 1 is 1.04 bits per heavy atom. The smallest absolute Gasteiger partial charge is 0.248 e. The molecule has 1 fully saturated rings. The number of benzene rings is 1. The third kappa shape index (κ3) is 3.79. The number of amides is 1. The summed E-state index contributed by atoms with van der Waals surface area (Å²) in [7, 11) is 0. The molecule has 0 bridgehead atoms. The van der Waals surface area contributed by atoms with Crippen LogP contribution in [0.15, 0.2) is 18.2 Å². The second-order valence-electron chi connectivity index (χ2n) is 9.08. The highest BCUT2D eigenvalue weighted by atomic mass is 16.1. The van der Waals surface area contributed by atoms with Crippen LogP contribution in [0.25, 0.3) is 10.9 Å². The number of nitrogens with one attached hydrogen (secondary N) is 2. The van der Waals surface area contributed by atoms with Crippen molar-refractivity contribution in [2.24, 2.45) is 11.1 Å². The lowest BCUT2D eigenvalue weighted by molar-refractivity contribution is 0.0760. The zero-order chi connectivity index (χ0) is 19.8. The van der Waals surface area contributed by atoms with Crippen LogP contribution in [-0.4, -0.2) is 29.8 Å². The molecule has 5 heteroatoms. The Morgan fingerprint density at radius 3 is 2.22 bits per heavy atom. The second-order valence-corrected chi connectivity index (χ2v) is 9.08. The lowest BCUT2D eigenvalue weighted by atomic mass is 9.63. The van der Waals surface area contributed by atoms with Gasteiger partial charge in [0.05, 0.1) is 5.69 Å². The Balaban J connectivity index is 0.000000299. The third-order valence-electron chi connectivity index (χ3n) is 5.69. The van der Waals surface area contributed by atoms with Crippen molar-refractivity contribution in [3.63, 3.8) is 0 Å². The predicted octanol–water partition coefficient (Wildman–Crippen LogP) is 3.92. The molecule has 0 saturated carbocycles. The standard InChI is InChI=1S/C17H20N2O2.C5H11N/c1-16(2)8-17(3,4)14(20)13-12(16)10-7-9(15(18)21)5-6-11(10)19-13;1-2-4-6-5-3-1/h5-7,19H,8H2,1-4H3,(H2,18,21);6H,1-5H2. The molecule has 0 atom stereocenters. The van der Waals surface area contributed by atoms with Crippen LogP contribution in [0, 0.1) is 5.41 Å². The van der Waals surface area contributed by atoms with Crippen LogP contribution >= 0.6 is 0 Å². The Kier molecular flexibility index (Phi) is 5.17. The predicted molar refractivity (Wildman–Crippen MR) is 109 cm³/mol. The number of H-pyrrole nitrogens is 1. The van der Waals surface area contributed by atoms with E-state index in [-0.39, 0.29) is 16.6 Å². The van der Waals surface area contributed by atoms with Crippen molar-refractivity contribution >= 4 is 22.6 Å². The fraction of sp³-hybridized carbons (Fsp3) is 0.545. The lowest BCUT2D eigenvalue weighted by Crippen LogP contribution is -2.39. The summed E-state index contributed by atoms with van der Waals surface area (Å²) in [5.74, 6) is -0.319. The van der Waals surface area contributed by atoms with E-state index in [9.17, 15) is 9.59 Å². The van der Waals surface area contributed by atoms with E-state index in [1.54, 1.807) is 12.1 Å². The minimum absolute atomic E-state index is 0.133. The number of carbonyl (C=O) groups excluding carboxylic acids is 2. The van der Waals surface area contributed by atoms with Crippen LogP contribution < -0.4 is 11.1 Å². The van der Waals surface area contributed by atoms with Gasteiger partial charge in [-0.15, -0.1) is 0 Å². The lowest BCUT2D eigenvalue weighted by Gasteiger charge is -2.39. The Bertz CT molecular complexity index is 862. The van der Waals surface area contributed by atoms with Crippen molar-refractivity contribution in [2.75, 3.05) is 13.1 Å². The van der Waals surface area contributed by atoms with E-state index in [1.807, 2.05) is 19.9 Å². The van der Waals surface area contributed by atoms with Gasteiger partial charge in [-0.3, -0.25) is 9.59 Å². The summed E-state index contributed by atoms with van der Waals surface area (Å²) in [6.45, 7) is 10.8. The minimum Gasteiger partial charge on any atom is -0.366 e. The number of carbonyl (C=O) groups is 2. The maximum absolute atomic E-state index is 12.7. The molecular formula is C22H31N3O2. The van der Waals surface area contributed by atoms with Gasteiger partial charge in [-0.25, -0.2) is 0 Å². The summed E-state index contributed by atoms with van der Waals surface area (Å²) in [6, 6.07) is 5.31. The summed E-state index contributed by atoms with van der Waals surface area (Å²) in [5, 5.41) is 4.21. The molecule has 4 rings (SSSR count). The molecule has 2 aromatic rings. The highest BCUT2D eigenvalue weighted by Gasteiger charge is 2.45. The molecule has 0 radical (unpaired) electrons. The van der Waals surface area contributed by atoms with Gasteiger partial charge in [0.1, 0.15) is 0 Å². The van der Waals surface area contributed by atoms with E-state index in [4.69, 9.17) is 5.73 Å². The van der Waals surface area contributed by atoms with Gasteiger partial charge >= 0.3 is 0 Å². The summed E-state index contributed by atoms with van der Waals surface area (Å²) < 4.78 is 0. The zero-order valence-electron chi connectivity index (χ0n) is 16.9. The molecule has 146 valence electrons. The van der Waals surface area contributed by atoms with Crippen molar-refractivity contribution in [2.45, 2.75) is 58.8 Å². The van der Waals surface area contributed by atoms with E-state index in [0.29, 0.717) is 11.3 Å². The first kappa shape index (κ1) is 19.6. The van der Waals surface area contributed by atoms with Gasteiger partial charge in [-0.05, 0) is 61.5 Å². The SMILES string of the molecule is C1CCNCC1.CC1(C)CC(C)(C)c2c([nH]c3ccc(C(N)=O)cc23)C1=O. The molecule has 0 unspecified atom stereocenters. The quantitative estimate of drug-likeness (QED) is 0.712. The molecule has 0 spiro atoms. The van der Waals surface area contributed by atoms with Gasteiger partial charge in [-0.2, -0.15) is 0 Å². The molecule has 1 aromatic carbocycles. The highest BCUT2D eigenvalue weighted by Crippen LogP contribution is 2.48. The van der Waals surface area contributed by atoms with Crippen LogP contribution in [-0.2, 0) is 5.41 Å². The third-order valence-corrected chi connectivity index (χ3v) is 5.69. The van der Waals surface area contributed by atoms with Gasteiger partial charge in [-0.1, -0.05) is 34.1 Å². The van der Waals surface area contributed by atoms with Crippen LogP contribution in [0.3, 0.4) is 0 Å². The average Bonchev–Trinajstić information content (AvgIpc) is 3.01. The van der Waals surface area contributed by atoms with E-state index in [2.05, 4.69) is 24.1 Å². The number of aromatic amines is 1. The molecule has 4 N–H and O–H groups in total. The molecule has 2 aliphatic rings. The van der Waals surface area contributed by atoms with Crippen LogP contribution in [0.2, 0.25) is 0 Å². The number of hydrogen-bond donors (Lipinski definition) is 3. The monoisotopic (exact) mass is 369 g/mol. The first-order valence-corrected chi connectivity index (χ1v) is 9.85. The molecule has 1 aliphatic heterocycles. The fourth-order valence-electron chi connectivity index (χ4n) is 4.63.